The molecule has 0 heterocycles. The molecule has 114 valence electrons. The van der Waals surface area contributed by atoms with Gasteiger partial charge in [0, 0.05) is 16.4 Å². The minimum Gasteiger partial charge on any atom is -0.462 e. The first kappa shape index (κ1) is 17.2. The lowest BCUT2D eigenvalue weighted by atomic mass is 10.2. The second-order valence-corrected chi connectivity index (χ2v) is 4.96. The molecule has 1 aromatic carbocycles. The number of benzene rings is 1. The molecule has 0 bridgehead atoms. The second kappa shape index (κ2) is 8.46. The topological polar surface area (TPSA) is 64.6 Å². The fourth-order valence-electron chi connectivity index (χ4n) is 1.46. The molecule has 0 aliphatic carbocycles. The zero-order valence-corrected chi connectivity index (χ0v) is 13.8. The van der Waals surface area contributed by atoms with Crippen LogP contribution in [0.4, 0.5) is 5.69 Å². The molecule has 6 heteroatoms. The first-order valence-electron chi connectivity index (χ1n) is 6.56. The number of esters is 2. The van der Waals surface area contributed by atoms with Crippen molar-refractivity contribution >= 4 is 33.6 Å². The van der Waals surface area contributed by atoms with Crippen LogP contribution in [0.2, 0.25) is 0 Å². The number of carbonyl (C=O) groups excluding carboxylic acids is 2. The van der Waals surface area contributed by atoms with Crippen LogP contribution in [0.25, 0.3) is 0 Å². The summed E-state index contributed by atoms with van der Waals surface area (Å²) in [5.41, 5.74) is 1.65. The summed E-state index contributed by atoms with van der Waals surface area (Å²) >= 11 is 3.42. The lowest BCUT2D eigenvalue weighted by molar-refractivity contribution is -0.146. The maximum Gasteiger partial charge on any atom is 0.347 e. The summed E-state index contributed by atoms with van der Waals surface area (Å²) < 4.78 is 10.6. The number of carbonyl (C=O) groups is 2. The molecule has 0 spiro atoms. The van der Waals surface area contributed by atoms with E-state index >= 15 is 0 Å². The molecule has 0 aliphatic heterocycles. The molecule has 1 aromatic rings. The van der Waals surface area contributed by atoms with Gasteiger partial charge in [-0.2, -0.15) is 0 Å². The largest absolute Gasteiger partial charge is 0.462 e. The predicted octanol–water partition coefficient (Wildman–Crippen LogP) is 3.18. The van der Waals surface area contributed by atoms with Crippen molar-refractivity contribution in [1.29, 1.82) is 0 Å². The molecule has 5 nitrogen and oxygen atoms in total. The first-order chi connectivity index (χ1) is 9.99. The van der Waals surface area contributed by atoms with E-state index in [-0.39, 0.29) is 18.8 Å². The van der Waals surface area contributed by atoms with Crippen LogP contribution in [-0.2, 0) is 19.1 Å². The summed E-state index contributed by atoms with van der Waals surface area (Å²) in [5.74, 6) is -1.43. The van der Waals surface area contributed by atoms with Gasteiger partial charge in [-0.3, -0.25) is 0 Å². The zero-order valence-electron chi connectivity index (χ0n) is 12.2. The number of hydrogen-bond acceptors (Lipinski definition) is 5. The van der Waals surface area contributed by atoms with Crippen LogP contribution in [0.1, 0.15) is 19.4 Å². The van der Waals surface area contributed by atoms with E-state index in [4.69, 9.17) is 9.47 Å². The molecular formula is C15H18BrNO4. The van der Waals surface area contributed by atoms with Crippen LogP contribution in [0, 0.1) is 6.92 Å². The fraction of sp³-hybridized carbons (Fsp3) is 0.333. The molecular weight excluding hydrogens is 338 g/mol. The predicted molar refractivity (Wildman–Crippen MR) is 83.9 cm³/mol. The van der Waals surface area contributed by atoms with Crippen LogP contribution in [0.5, 0.6) is 0 Å². The number of hydrogen-bond donors (Lipinski definition) is 1. The minimum atomic E-state index is -0.713. The highest BCUT2D eigenvalue weighted by Crippen LogP contribution is 2.20. The number of anilines is 1. The number of ether oxygens (including phenoxy) is 2. The van der Waals surface area contributed by atoms with E-state index in [1.165, 1.54) is 6.20 Å². The van der Waals surface area contributed by atoms with E-state index in [0.717, 1.165) is 15.7 Å². The van der Waals surface area contributed by atoms with Crippen LogP contribution in [-0.4, -0.2) is 25.2 Å². The molecule has 0 aromatic heterocycles. The van der Waals surface area contributed by atoms with Gasteiger partial charge >= 0.3 is 11.9 Å². The maximum absolute atomic E-state index is 11.8. The minimum absolute atomic E-state index is 0.171. The van der Waals surface area contributed by atoms with Crippen molar-refractivity contribution < 1.29 is 19.1 Å². The van der Waals surface area contributed by atoms with E-state index in [0.29, 0.717) is 0 Å². The molecule has 21 heavy (non-hydrogen) atoms. The highest BCUT2D eigenvalue weighted by atomic mass is 79.9. The number of aryl methyl sites for hydroxylation is 1. The van der Waals surface area contributed by atoms with Crippen LogP contribution in [0.3, 0.4) is 0 Å². The third-order valence-corrected chi connectivity index (χ3v) is 3.40. The highest BCUT2D eigenvalue weighted by Gasteiger charge is 2.20. The Hall–Kier alpha value is -1.82. The van der Waals surface area contributed by atoms with Crippen molar-refractivity contribution in [2.45, 2.75) is 20.8 Å². The van der Waals surface area contributed by atoms with Gasteiger partial charge in [0.15, 0.2) is 5.57 Å². The van der Waals surface area contributed by atoms with E-state index in [1.54, 1.807) is 13.8 Å². The van der Waals surface area contributed by atoms with E-state index in [2.05, 4.69) is 21.2 Å². The quantitative estimate of drug-likeness (QED) is 0.367. The molecule has 0 aliphatic rings. The summed E-state index contributed by atoms with van der Waals surface area (Å²) in [6.07, 6.45) is 1.30. The Bertz CT molecular complexity index is 535. The Morgan fingerprint density at radius 2 is 1.76 bits per heavy atom. The van der Waals surface area contributed by atoms with Gasteiger partial charge in [-0.15, -0.1) is 0 Å². The summed E-state index contributed by atoms with van der Waals surface area (Å²) in [5, 5.41) is 2.90. The first-order valence-corrected chi connectivity index (χ1v) is 7.36. The lowest BCUT2D eigenvalue weighted by Gasteiger charge is -2.08. The molecule has 0 atom stereocenters. The Balaban J connectivity index is 2.93. The average molecular weight is 356 g/mol. The van der Waals surface area contributed by atoms with E-state index in [9.17, 15) is 9.59 Å². The highest BCUT2D eigenvalue weighted by molar-refractivity contribution is 9.10. The van der Waals surface area contributed by atoms with Crippen molar-refractivity contribution in [2.24, 2.45) is 0 Å². The lowest BCUT2D eigenvalue weighted by Crippen LogP contribution is -2.19. The Morgan fingerprint density at radius 1 is 1.19 bits per heavy atom. The molecule has 0 saturated heterocycles. The molecule has 1 rings (SSSR count). The van der Waals surface area contributed by atoms with Crippen LogP contribution >= 0.6 is 15.9 Å². The van der Waals surface area contributed by atoms with Gasteiger partial charge in [0.05, 0.1) is 13.2 Å². The standard InChI is InChI=1S/C15H18BrNO4/c1-4-20-14(18)12(15(19)21-5-2)9-17-11-7-6-10(3)13(16)8-11/h6-9,17H,4-5H2,1-3H3. The summed E-state index contributed by atoms with van der Waals surface area (Å²) in [6.45, 7) is 5.68. The van der Waals surface area contributed by atoms with E-state index in [1.807, 2.05) is 25.1 Å². The molecule has 0 unspecified atom stereocenters. The number of rotatable bonds is 6. The Labute approximate surface area is 132 Å². The Morgan fingerprint density at radius 3 is 2.24 bits per heavy atom. The van der Waals surface area contributed by atoms with Gasteiger partial charge in [-0.1, -0.05) is 22.0 Å². The third-order valence-electron chi connectivity index (χ3n) is 2.55. The maximum atomic E-state index is 11.8. The van der Waals surface area contributed by atoms with Crippen molar-refractivity contribution in [3.8, 4) is 0 Å². The number of halogens is 1. The molecule has 0 saturated carbocycles. The molecule has 0 fully saturated rings. The summed E-state index contributed by atoms with van der Waals surface area (Å²) in [6, 6.07) is 5.60. The van der Waals surface area contributed by atoms with Crippen molar-refractivity contribution in [1.82, 2.24) is 0 Å². The summed E-state index contributed by atoms with van der Waals surface area (Å²) in [7, 11) is 0. The Kier molecular flexibility index (Phi) is 6.94. The SMILES string of the molecule is CCOC(=O)C(=CNc1ccc(C)c(Br)c1)C(=O)OCC. The second-order valence-electron chi connectivity index (χ2n) is 4.11. The van der Waals surface area contributed by atoms with Crippen molar-refractivity contribution in [3.05, 3.63) is 40.0 Å². The zero-order chi connectivity index (χ0) is 15.8. The third kappa shape index (κ3) is 5.23. The molecule has 1 N–H and O–H groups in total. The normalized spacial score (nSPS) is 9.71. The van der Waals surface area contributed by atoms with Gasteiger partial charge in [0.25, 0.3) is 0 Å². The van der Waals surface area contributed by atoms with Crippen LogP contribution in [0.15, 0.2) is 34.4 Å². The van der Waals surface area contributed by atoms with Gasteiger partial charge in [0.2, 0.25) is 0 Å². The van der Waals surface area contributed by atoms with E-state index < -0.39 is 11.9 Å². The molecule has 0 amide bonds. The van der Waals surface area contributed by atoms with Gasteiger partial charge in [-0.05, 0) is 38.5 Å². The van der Waals surface area contributed by atoms with Crippen molar-refractivity contribution in [3.63, 3.8) is 0 Å². The fourth-order valence-corrected chi connectivity index (χ4v) is 1.84. The molecule has 0 radical (unpaired) electrons. The van der Waals surface area contributed by atoms with Gasteiger partial charge in [0.1, 0.15) is 0 Å². The van der Waals surface area contributed by atoms with Crippen LogP contribution < -0.4 is 5.32 Å². The van der Waals surface area contributed by atoms with Gasteiger partial charge in [-0.25, -0.2) is 9.59 Å². The van der Waals surface area contributed by atoms with Crippen molar-refractivity contribution in [2.75, 3.05) is 18.5 Å². The average Bonchev–Trinajstić information content (AvgIpc) is 2.43. The summed E-state index contributed by atoms with van der Waals surface area (Å²) in [4.78, 5) is 23.5. The smallest absolute Gasteiger partial charge is 0.347 e. The van der Waals surface area contributed by atoms with Gasteiger partial charge < -0.3 is 14.8 Å². The monoisotopic (exact) mass is 355 g/mol. The number of nitrogens with one attached hydrogen (secondary N) is 1.